The van der Waals surface area contributed by atoms with E-state index in [1.807, 2.05) is 0 Å². The molecule has 0 amide bonds. The molecule has 172 valence electrons. The quantitative estimate of drug-likeness (QED) is 0.643. The van der Waals surface area contributed by atoms with Crippen molar-refractivity contribution >= 4 is 0 Å². The van der Waals surface area contributed by atoms with E-state index < -0.39 is 11.7 Å². The highest BCUT2D eigenvalue weighted by molar-refractivity contribution is 5.24. The molecule has 2 aliphatic rings. The van der Waals surface area contributed by atoms with Crippen LogP contribution < -0.4 is 5.32 Å². The molecular weight excluding hydrogens is 386 g/mol. The number of nitrogens with zero attached hydrogens (tertiary/aromatic N) is 1. The Morgan fingerprint density at radius 2 is 1.80 bits per heavy atom. The van der Waals surface area contributed by atoms with Crippen LogP contribution in [-0.2, 0) is 4.74 Å². The summed E-state index contributed by atoms with van der Waals surface area (Å²) in [5, 5.41) is 15.2. The third-order valence-electron chi connectivity index (χ3n) is 6.45. The van der Waals surface area contributed by atoms with Crippen LogP contribution >= 0.6 is 0 Å². The van der Waals surface area contributed by atoms with Crippen molar-refractivity contribution < 1.29 is 18.6 Å². The lowest BCUT2D eigenvalue weighted by molar-refractivity contribution is -0.205. The summed E-state index contributed by atoms with van der Waals surface area (Å²) in [4.78, 5) is 2.57. The second-order valence-electron chi connectivity index (χ2n) is 8.81. The summed E-state index contributed by atoms with van der Waals surface area (Å²) in [5.41, 5.74) is 0.776. The summed E-state index contributed by atoms with van der Waals surface area (Å²) >= 11 is 0. The number of rotatable bonds is 6. The standard InChI is InChI=1S/C21H34N2O.C3H6F2O/c1-2-19-16-23(15-14-22-19)17-20(18-10-6-5-7-11-18)21(24)12-8-3-4-9-13-21;1-3(4,5)6-2/h5-7,10-11,19-20,22,24H,2-4,8-9,12-17H2,1H3;1-2H3. The van der Waals surface area contributed by atoms with Crippen molar-refractivity contribution in [2.45, 2.75) is 82.5 Å². The molecule has 3 rings (SSSR count). The number of nitrogens with one attached hydrogen (secondary N) is 1. The average molecular weight is 427 g/mol. The van der Waals surface area contributed by atoms with Gasteiger partial charge in [-0.1, -0.05) is 62.9 Å². The first-order valence-corrected chi connectivity index (χ1v) is 11.4. The van der Waals surface area contributed by atoms with E-state index in [-0.39, 0.29) is 5.92 Å². The van der Waals surface area contributed by atoms with Crippen LogP contribution in [0.1, 0.15) is 70.3 Å². The van der Waals surface area contributed by atoms with Crippen molar-refractivity contribution in [2.75, 3.05) is 33.3 Å². The van der Waals surface area contributed by atoms with Gasteiger partial charge in [-0.15, -0.1) is 0 Å². The number of aliphatic hydroxyl groups is 1. The number of ether oxygens (including phenoxy) is 1. The van der Waals surface area contributed by atoms with Crippen LogP contribution in [0.4, 0.5) is 8.78 Å². The summed E-state index contributed by atoms with van der Waals surface area (Å²) in [7, 11) is 0.958. The zero-order valence-corrected chi connectivity index (χ0v) is 18.9. The highest BCUT2D eigenvalue weighted by atomic mass is 19.3. The molecule has 1 aromatic rings. The smallest absolute Gasteiger partial charge is 0.352 e. The number of hydrogen-bond acceptors (Lipinski definition) is 4. The van der Waals surface area contributed by atoms with Crippen LogP contribution in [0.5, 0.6) is 0 Å². The van der Waals surface area contributed by atoms with Crippen molar-refractivity contribution in [3.63, 3.8) is 0 Å². The zero-order valence-electron chi connectivity index (χ0n) is 18.9. The van der Waals surface area contributed by atoms with Gasteiger partial charge >= 0.3 is 6.11 Å². The first-order chi connectivity index (χ1) is 14.3. The van der Waals surface area contributed by atoms with E-state index in [0.29, 0.717) is 13.0 Å². The lowest BCUT2D eigenvalue weighted by Gasteiger charge is -2.41. The maximum Gasteiger partial charge on any atom is 0.352 e. The largest absolute Gasteiger partial charge is 0.389 e. The Morgan fingerprint density at radius 1 is 1.20 bits per heavy atom. The van der Waals surface area contributed by atoms with Gasteiger partial charge in [0.2, 0.25) is 0 Å². The Morgan fingerprint density at radius 3 is 2.33 bits per heavy atom. The Balaban J connectivity index is 0.000000469. The van der Waals surface area contributed by atoms with E-state index in [1.54, 1.807) is 0 Å². The third kappa shape index (κ3) is 8.22. The van der Waals surface area contributed by atoms with E-state index >= 15 is 0 Å². The summed E-state index contributed by atoms with van der Waals surface area (Å²) in [5.74, 6) is 0.229. The SMILES string of the molecule is CCC1CN(CC(c2ccccc2)C2(O)CCCCCC2)CCN1.COC(C)(F)F. The van der Waals surface area contributed by atoms with Gasteiger partial charge in [0, 0.05) is 52.2 Å². The van der Waals surface area contributed by atoms with Crippen LogP contribution in [0, 0.1) is 0 Å². The Hall–Kier alpha value is -1.08. The van der Waals surface area contributed by atoms with Gasteiger partial charge in [0.15, 0.2) is 0 Å². The summed E-state index contributed by atoms with van der Waals surface area (Å²) in [6.07, 6.45) is 5.01. The average Bonchev–Trinajstić information content (AvgIpc) is 2.98. The minimum Gasteiger partial charge on any atom is -0.389 e. The molecule has 2 N–H and O–H groups in total. The Kier molecular flexibility index (Phi) is 10.1. The molecule has 1 aliphatic carbocycles. The molecule has 2 atom stereocenters. The minimum absolute atomic E-state index is 0.229. The van der Waals surface area contributed by atoms with Crippen LogP contribution in [0.3, 0.4) is 0 Å². The van der Waals surface area contributed by atoms with Crippen LogP contribution in [-0.4, -0.2) is 61.0 Å². The van der Waals surface area contributed by atoms with Crippen molar-refractivity contribution in [2.24, 2.45) is 0 Å². The van der Waals surface area contributed by atoms with Crippen LogP contribution in [0.15, 0.2) is 30.3 Å². The number of hydrogen-bond donors (Lipinski definition) is 2. The molecule has 1 saturated carbocycles. The summed E-state index contributed by atoms with van der Waals surface area (Å²) < 4.78 is 26.1. The van der Waals surface area contributed by atoms with Crippen molar-refractivity contribution in [3.8, 4) is 0 Å². The molecular formula is C24H40F2N2O2. The minimum atomic E-state index is -2.96. The molecule has 2 fully saturated rings. The van der Waals surface area contributed by atoms with E-state index in [1.165, 1.54) is 37.7 Å². The first-order valence-electron chi connectivity index (χ1n) is 11.4. The van der Waals surface area contributed by atoms with Gasteiger partial charge in [-0.3, -0.25) is 4.90 Å². The molecule has 4 nitrogen and oxygen atoms in total. The lowest BCUT2D eigenvalue weighted by Crippen LogP contribution is -2.53. The normalized spacial score (nSPS) is 23.7. The number of halogens is 2. The molecule has 1 heterocycles. The molecule has 0 bridgehead atoms. The van der Waals surface area contributed by atoms with E-state index in [4.69, 9.17) is 0 Å². The first kappa shape index (κ1) is 25.2. The summed E-state index contributed by atoms with van der Waals surface area (Å²) in [6.45, 7) is 7.20. The molecule has 30 heavy (non-hydrogen) atoms. The van der Waals surface area contributed by atoms with Crippen molar-refractivity contribution in [3.05, 3.63) is 35.9 Å². The van der Waals surface area contributed by atoms with Gasteiger partial charge in [0.25, 0.3) is 0 Å². The fourth-order valence-electron chi connectivity index (χ4n) is 4.55. The predicted octanol–water partition coefficient (Wildman–Crippen LogP) is 4.78. The van der Waals surface area contributed by atoms with Gasteiger partial charge in [0.05, 0.1) is 5.60 Å². The monoisotopic (exact) mass is 426 g/mol. The number of piperazine rings is 1. The second kappa shape index (κ2) is 12.1. The van der Waals surface area contributed by atoms with Gasteiger partial charge in [-0.05, 0) is 24.8 Å². The molecule has 0 radical (unpaired) electrons. The fourth-order valence-corrected chi connectivity index (χ4v) is 4.55. The zero-order chi connectivity index (χ0) is 22.0. The van der Waals surface area contributed by atoms with Crippen LogP contribution in [0.25, 0.3) is 0 Å². The fraction of sp³-hybridized carbons (Fsp3) is 0.750. The third-order valence-corrected chi connectivity index (χ3v) is 6.45. The number of benzene rings is 1. The van der Waals surface area contributed by atoms with E-state index in [9.17, 15) is 13.9 Å². The highest BCUT2D eigenvalue weighted by Crippen LogP contribution is 2.39. The predicted molar refractivity (Wildman–Crippen MR) is 118 cm³/mol. The van der Waals surface area contributed by atoms with Crippen molar-refractivity contribution in [1.82, 2.24) is 10.2 Å². The molecule has 1 aliphatic heterocycles. The number of methoxy groups -OCH3 is 1. The van der Waals surface area contributed by atoms with Gasteiger partial charge in [0.1, 0.15) is 0 Å². The highest BCUT2D eigenvalue weighted by Gasteiger charge is 2.39. The van der Waals surface area contributed by atoms with Crippen molar-refractivity contribution in [1.29, 1.82) is 0 Å². The Bertz CT molecular complexity index is 587. The number of alkyl halides is 2. The molecule has 0 aromatic heterocycles. The molecule has 0 spiro atoms. The Labute approximate surface area is 181 Å². The second-order valence-corrected chi connectivity index (χ2v) is 8.81. The topological polar surface area (TPSA) is 44.7 Å². The van der Waals surface area contributed by atoms with Crippen LogP contribution in [0.2, 0.25) is 0 Å². The lowest BCUT2D eigenvalue weighted by atomic mass is 9.76. The van der Waals surface area contributed by atoms with E-state index in [0.717, 1.165) is 46.1 Å². The molecule has 6 heteroatoms. The molecule has 1 saturated heterocycles. The molecule has 1 aromatic carbocycles. The van der Waals surface area contributed by atoms with Gasteiger partial charge in [-0.25, -0.2) is 0 Å². The van der Waals surface area contributed by atoms with E-state index in [2.05, 4.69) is 52.2 Å². The maximum atomic E-state index is 11.6. The molecule has 2 unspecified atom stereocenters. The van der Waals surface area contributed by atoms with Gasteiger partial charge < -0.3 is 15.2 Å². The maximum absolute atomic E-state index is 11.6. The summed E-state index contributed by atoms with van der Waals surface area (Å²) in [6, 6.07) is 11.3. The van der Waals surface area contributed by atoms with Gasteiger partial charge in [-0.2, -0.15) is 8.78 Å².